The summed E-state index contributed by atoms with van der Waals surface area (Å²) in [5, 5.41) is 6.18. The predicted molar refractivity (Wildman–Crippen MR) is 98.9 cm³/mol. The molecule has 0 unspecified atom stereocenters. The van der Waals surface area contributed by atoms with Crippen LogP contribution in [0.5, 0.6) is 0 Å². The third kappa shape index (κ3) is 5.03. The Bertz CT molecular complexity index is 1130. The second kappa shape index (κ2) is 8.33. The van der Waals surface area contributed by atoms with Gasteiger partial charge in [-0.05, 0) is 23.8 Å². The molecular weight excluding hydrogens is 411 g/mol. The molecule has 0 amide bonds. The summed E-state index contributed by atoms with van der Waals surface area (Å²) >= 11 is 5.17. The smallest absolute Gasteiger partial charge is 0.313 e. The first-order valence-corrected chi connectivity index (χ1v) is 9.48. The lowest BCUT2D eigenvalue weighted by molar-refractivity contribution is 0.483. The topological polar surface area (TPSA) is 130 Å². The lowest BCUT2D eigenvalue weighted by atomic mass is 10.1. The molecule has 0 aliphatic heterocycles. The van der Waals surface area contributed by atoms with Crippen molar-refractivity contribution < 1.29 is 17.4 Å². The maximum atomic E-state index is 13.8. The number of nitrogens with zero attached hydrogens (tertiary/aromatic N) is 5. The van der Waals surface area contributed by atoms with E-state index in [1.807, 2.05) is 30.3 Å². The average molecular weight is 423 g/mol. The first-order chi connectivity index (χ1) is 13.3. The number of halogens is 2. The van der Waals surface area contributed by atoms with Crippen molar-refractivity contribution in [1.29, 1.82) is 0 Å². The van der Waals surface area contributed by atoms with Crippen molar-refractivity contribution in [3.63, 3.8) is 0 Å². The number of hydrogen-bond acceptors (Lipinski definition) is 8. The fourth-order valence-electron chi connectivity index (χ4n) is 2.37. The average Bonchev–Trinajstić information content (AvgIpc) is 2.61. The summed E-state index contributed by atoms with van der Waals surface area (Å²) in [6.45, 7) is 0. The van der Waals surface area contributed by atoms with Crippen LogP contribution in [0.2, 0.25) is 0 Å². The van der Waals surface area contributed by atoms with Crippen LogP contribution < -0.4 is 5.32 Å². The molecule has 3 aromatic rings. The number of benzene rings is 2. The van der Waals surface area contributed by atoms with Gasteiger partial charge in [0.15, 0.2) is 0 Å². The summed E-state index contributed by atoms with van der Waals surface area (Å²) in [7, 11) is -4.53. The summed E-state index contributed by atoms with van der Waals surface area (Å²) in [5.41, 5.74) is 0.936. The fraction of sp³-hybridized carbons (Fsp3) is 0.0625. The summed E-state index contributed by atoms with van der Waals surface area (Å²) in [6, 6.07) is 12.9. The summed E-state index contributed by atoms with van der Waals surface area (Å²) in [4.78, 5) is 10.9. The Hall–Kier alpha value is -3.02. The molecule has 2 aromatic carbocycles. The van der Waals surface area contributed by atoms with E-state index in [-0.39, 0.29) is 23.1 Å². The molecule has 12 heteroatoms. The summed E-state index contributed by atoms with van der Waals surface area (Å²) < 4.78 is 48.7. The van der Waals surface area contributed by atoms with Gasteiger partial charge in [-0.3, -0.25) is 4.55 Å². The third-order valence-electron chi connectivity index (χ3n) is 3.50. The van der Waals surface area contributed by atoms with E-state index in [1.165, 1.54) is 12.1 Å². The van der Waals surface area contributed by atoms with E-state index in [9.17, 15) is 17.4 Å². The molecule has 144 valence electrons. The largest absolute Gasteiger partial charge is 0.324 e. The minimum Gasteiger partial charge on any atom is -0.324 e. The summed E-state index contributed by atoms with van der Waals surface area (Å²) in [6.07, 6.45) is -0.679. The lowest BCUT2D eigenvalue weighted by Crippen LogP contribution is -2.07. The van der Waals surface area contributed by atoms with E-state index in [2.05, 4.69) is 30.0 Å². The molecule has 0 bridgehead atoms. The predicted octanol–water partition coefficient (Wildman–Crippen LogP) is 3.83. The Kier molecular flexibility index (Phi) is 5.87. The molecular formula is C16H12ClFN6O3S. The lowest BCUT2D eigenvalue weighted by Gasteiger charge is -2.08. The molecule has 0 aliphatic carbocycles. The van der Waals surface area contributed by atoms with Gasteiger partial charge < -0.3 is 5.32 Å². The Morgan fingerprint density at radius 3 is 2.54 bits per heavy atom. The first-order valence-electron chi connectivity index (χ1n) is 7.70. The molecule has 0 saturated heterocycles. The molecule has 0 radical (unpaired) electrons. The SMILES string of the molecule is O=S(=O)(O)c1ccc(Nc2nc(F)nc(Cc3ccccc3)n2)cc1N=NCl. The van der Waals surface area contributed by atoms with Gasteiger partial charge in [-0.25, -0.2) is 0 Å². The quantitative estimate of drug-likeness (QED) is 0.456. The number of anilines is 2. The van der Waals surface area contributed by atoms with E-state index >= 15 is 0 Å². The van der Waals surface area contributed by atoms with Crippen molar-refractivity contribution >= 4 is 39.2 Å². The first kappa shape index (κ1) is 19.7. The van der Waals surface area contributed by atoms with E-state index < -0.39 is 21.1 Å². The number of rotatable bonds is 6. The monoisotopic (exact) mass is 422 g/mol. The highest BCUT2D eigenvalue weighted by atomic mass is 35.5. The van der Waals surface area contributed by atoms with Crippen LogP contribution in [0.25, 0.3) is 0 Å². The minimum absolute atomic E-state index is 0.0909. The highest BCUT2D eigenvalue weighted by molar-refractivity contribution is 7.86. The van der Waals surface area contributed by atoms with Gasteiger partial charge in [0.2, 0.25) is 5.95 Å². The van der Waals surface area contributed by atoms with E-state index in [0.29, 0.717) is 6.42 Å². The number of hydrogen-bond donors (Lipinski definition) is 2. The molecule has 3 rings (SSSR count). The molecule has 0 fully saturated rings. The van der Waals surface area contributed by atoms with Gasteiger partial charge in [0.1, 0.15) is 16.4 Å². The maximum Gasteiger partial charge on any atom is 0.313 e. The normalized spacial score (nSPS) is 11.7. The zero-order valence-corrected chi connectivity index (χ0v) is 15.6. The second-order valence-electron chi connectivity index (χ2n) is 5.46. The van der Waals surface area contributed by atoms with E-state index in [0.717, 1.165) is 11.6 Å². The van der Waals surface area contributed by atoms with Crippen molar-refractivity contribution in [2.45, 2.75) is 11.3 Å². The molecule has 0 spiro atoms. The van der Waals surface area contributed by atoms with Gasteiger partial charge in [0, 0.05) is 12.1 Å². The molecule has 28 heavy (non-hydrogen) atoms. The van der Waals surface area contributed by atoms with E-state index in [4.69, 9.17) is 11.8 Å². The van der Waals surface area contributed by atoms with Crippen LogP contribution in [0.4, 0.5) is 21.7 Å². The zero-order valence-electron chi connectivity index (χ0n) is 14.0. The molecule has 0 aliphatic rings. The van der Waals surface area contributed by atoms with Crippen LogP contribution in [0.15, 0.2) is 63.2 Å². The third-order valence-corrected chi connectivity index (χ3v) is 4.47. The van der Waals surface area contributed by atoms with Crippen molar-refractivity contribution in [2.75, 3.05) is 5.32 Å². The van der Waals surface area contributed by atoms with Crippen LogP contribution in [-0.2, 0) is 16.5 Å². The van der Waals surface area contributed by atoms with Gasteiger partial charge in [-0.2, -0.15) is 27.8 Å². The standard InChI is InChI=1S/C16H12ClFN6O3S/c17-24-23-12-9-11(6-7-13(12)28(25,26)27)19-16-21-14(20-15(18)22-16)8-10-4-2-1-3-5-10/h1-7,9H,8H2,(H,25,26,27)(H,19,20,21,22). The van der Waals surface area contributed by atoms with Crippen molar-refractivity contribution in [3.8, 4) is 0 Å². The van der Waals surface area contributed by atoms with Crippen LogP contribution in [-0.4, -0.2) is 27.9 Å². The number of nitrogens with one attached hydrogen (secondary N) is 1. The van der Waals surface area contributed by atoms with E-state index in [1.54, 1.807) is 0 Å². The molecule has 9 nitrogen and oxygen atoms in total. The van der Waals surface area contributed by atoms with Crippen molar-refractivity contribution in [3.05, 3.63) is 66.0 Å². The van der Waals surface area contributed by atoms with Crippen LogP contribution in [0.1, 0.15) is 11.4 Å². The number of aromatic nitrogens is 3. The Balaban J connectivity index is 1.90. The van der Waals surface area contributed by atoms with Gasteiger partial charge in [0.25, 0.3) is 10.1 Å². The Morgan fingerprint density at radius 2 is 1.86 bits per heavy atom. The highest BCUT2D eigenvalue weighted by Gasteiger charge is 2.17. The van der Waals surface area contributed by atoms with Gasteiger partial charge in [-0.1, -0.05) is 35.0 Å². The van der Waals surface area contributed by atoms with Gasteiger partial charge >= 0.3 is 6.08 Å². The second-order valence-corrected chi connectivity index (χ2v) is 7.01. The maximum absolute atomic E-state index is 13.8. The summed E-state index contributed by atoms with van der Waals surface area (Å²) in [5.74, 6) is 0.114. The minimum atomic E-state index is -4.53. The molecule has 1 aromatic heterocycles. The van der Waals surface area contributed by atoms with Gasteiger partial charge in [0.05, 0.1) is 11.8 Å². The van der Waals surface area contributed by atoms with Crippen LogP contribution in [0.3, 0.4) is 0 Å². The van der Waals surface area contributed by atoms with Crippen molar-refractivity contribution in [2.24, 2.45) is 9.75 Å². The Morgan fingerprint density at radius 1 is 1.11 bits per heavy atom. The van der Waals surface area contributed by atoms with Crippen LogP contribution in [0, 0.1) is 6.08 Å². The zero-order chi connectivity index (χ0) is 20.1. The Labute approximate surface area is 164 Å². The molecule has 2 N–H and O–H groups in total. The fourth-order valence-corrected chi connectivity index (χ4v) is 3.05. The molecule has 0 atom stereocenters. The molecule has 1 heterocycles. The highest BCUT2D eigenvalue weighted by Crippen LogP contribution is 2.29. The van der Waals surface area contributed by atoms with Crippen LogP contribution >= 0.6 is 11.8 Å². The van der Waals surface area contributed by atoms with Gasteiger partial charge in [-0.15, -0.1) is 5.11 Å². The van der Waals surface area contributed by atoms with Crippen molar-refractivity contribution in [1.82, 2.24) is 15.0 Å². The molecule has 0 saturated carbocycles.